The van der Waals surface area contributed by atoms with E-state index in [2.05, 4.69) is 78.9 Å². The molecule has 1 fully saturated rings. The van der Waals surface area contributed by atoms with Crippen molar-refractivity contribution in [2.24, 2.45) is 20.9 Å². The van der Waals surface area contributed by atoms with Gasteiger partial charge in [0.05, 0.1) is 34.2 Å². The van der Waals surface area contributed by atoms with E-state index >= 15 is 0 Å². The molecule has 0 saturated carbocycles. The molecule has 192 valence electrons. The zero-order valence-electron chi connectivity index (χ0n) is 23.4. The quantitative estimate of drug-likeness (QED) is 0.389. The SMILES string of the molecule is CCC.CCC1=C(C)C2=NC1=CC1=C(C)C3=C(O)CC(=C4CC(C)C(=CC5=NC(=C2)C(C)=C5C)N4)C3=N1. The van der Waals surface area contributed by atoms with Crippen LogP contribution in [0.25, 0.3) is 0 Å². The number of nitrogens with one attached hydrogen (secondary N) is 1. The van der Waals surface area contributed by atoms with Gasteiger partial charge >= 0.3 is 0 Å². The Morgan fingerprint density at radius 2 is 1.54 bits per heavy atom. The monoisotopic (exact) mass is 494 g/mol. The molecule has 5 aliphatic heterocycles. The van der Waals surface area contributed by atoms with Crippen molar-refractivity contribution in [2.45, 2.75) is 81.1 Å². The van der Waals surface area contributed by atoms with E-state index in [0.29, 0.717) is 18.1 Å². The summed E-state index contributed by atoms with van der Waals surface area (Å²) in [7, 11) is 0. The van der Waals surface area contributed by atoms with E-state index in [1.165, 1.54) is 34.4 Å². The Morgan fingerprint density at radius 3 is 2.24 bits per heavy atom. The number of hydrogen-bond acceptors (Lipinski definition) is 5. The first-order chi connectivity index (χ1) is 17.7. The van der Waals surface area contributed by atoms with Crippen molar-refractivity contribution in [1.29, 1.82) is 0 Å². The van der Waals surface area contributed by atoms with Crippen LogP contribution in [0.3, 0.4) is 0 Å². The lowest BCUT2D eigenvalue weighted by molar-refractivity contribution is 0.400. The molecule has 1 saturated heterocycles. The Hall–Kier alpha value is -3.47. The lowest BCUT2D eigenvalue weighted by Crippen LogP contribution is -2.11. The second-order valence-electron chi connectivity index (χ2n) is 10.7. The van der Waals surface area contributed by atoms with Crippen LogP contribution < -0.4 is 5.32 Å². The predicted molar refractivity (Wildman–Crippen MR) is 155 cm³/mol. The average molecular weight is 495 g/mol. The maximum Gasteiger partial charge on any atom is 0.106 e. The highest BCUT2D eigenvalue weighted by atomic mass is 16.3. The molecule has 37 heavy (non-hydrogen) atoms. The van der Waals surface area contributed by atoms with Crippen LogP contribution in [0, 0.1) is 5.92 Å². The minimum atomic E-state index is 0.350. The van der Waals surface area contributed by atoms with Crippen LogP contribution in [0.4, 0.5) is 0 Å². The number of nitrogens with zero attached hydrogens (tertiary/aromatic N) is 3. The summed E-state index contributed by atoms with van der Waals surface area (Å²) in [5, 5.41) is 14.6. The smallest absolute Gasteiger partial charge is 0.106 e. The number of allylic oxidation sites excluding steroid dienone is 12. The van der Waals surface area contributed by atoms with Gasteiger partial charge in [0.15, 0.2) is 0 Å². The summed E-state index contributed by atoms with van der Waals surface area (Å²) in [6.07, 6.45) is 10.0. The standard InChI is InChI=1S/C29H30N4O.C3H8/c1-7-18-16(5)23-11-22-15(4)14(3)21(31-22)10-20-13(2)8-25(30-20)19-9-27(34)28-17(6)24(33-29(19)28)12-26(18)32-23;1-3-2/h10-13,30,34H,7-9H2,1-6H3;3H2,1-2H3. The molecule has 5 nitrogen and oxygen atoms in total. The van der Waals surface area contributed by atoms with Gasteiger partial charge in [0.1, 0.15) is 5.76 Å². The van der Waals surface area contributed by atoms with Crippen LogP contribution in [0.15, 0.2) is 106 Å². The minimum absolute atomic E-state index is 0.350. The lowest BCUT2D eigenvalue weighted by atomic mass is 9.99. The Kier molecular flexibility index (Phi) is 6.43. The molecule has 0 amide bonds. The van der Waals surface area contributed by atoms with Crippen molar-refractivity contribution in [3.05, 3.63) is 91.5 Å². The highest BCUT2D eigenvalue weighted by Gasteiger charge is 2.37. The van der Waals surface area contributed by atoms with Crippen molar-refractivity contribution in [3.63, 3.8) is 0 Å². The van der Waals surface area contributed by atoms with E-state index in [4.69, 9.17) is 15.0 Å². The molecule has 1 aliphatic carbocycles. The van der Waals surface area contributed by atoms with Crippen molar-refractivity contribution >= 4 is 17.1 Å². The zero-order chi connectivity index (χ0) is 26.6. The van der Waals surface area contributed by atoms with Gasteiger partial charge in [0.25, 0.3) is 0 Å². The summed E-state index contributed by atoms with van der Waals surface area (Å²) in [6.45, 7) is 17.2. The topological polar surface area (TPSA) is 69.3 Å². The normalized spacial score (nSPS) is 24.2. The lowest BCUT2D eigenvalue weighted by Gasteiger charge is -2.07. The maximum atomic E-state index is 10.9. The second-order valence-corrected chi connectivity index (χ2v) is 10.7. The first-order valence-electron chi connectivity index (χ1n) is 13.6. The van der Waals surface area contributed by atoms with Gasteiger partial charge in [-0.25, -0.2) is 15.0 Å². The van der Waals surface area contributed by atoms with Crippen LogP contribution in [-0.2, 0) is 0 Å². The first-order valence-corrected chi connectivity index (χ1v) is 13.6. The molecule has 5 heteroatoms. The fraction of sp³-hybridized carbons (Fsp3) is 0.406. The van der Waals surface area contributed by atoms with E-state index in [1.54, 1.807) is 0 Å². The molecule has 0 aromatic heterocycles. The summed E-state index contributed by atoms with van der Waals surface area (Å²) in [5.41, 5.74) is 15.9. The molecule has 6 rings (SSSR count). The van der Waals surface area contributed by atoms with Crippen LogP contribution in [-0.4, -0.2) is 22.2 Å². The third-order valence-electron chi connectivity index (χ3n) is 8.00. The Morgan fingerprint density at radius 1 is 0.865 bits per heavy atom. The third kappa shape index (κ3) is 4.05. The summed E-state index contributed by atoms with van der Waals surface area (Å²) >= 11 is 0. The Bertz CT molecular complexity index is 1460. The van der Waals surface area contributed by atoms with E-state index < -0.39 is 0 Å². The van der Waals surface area contributed by atoms with E-state index in [-0.39, 0.29) is 0 Å². The number of rotatable bonds is 1. The molecule has 0 aromatic rings. The summed E-state index contributed by atoms with van der Waals surface area (Å²) < 4.78 is 0. The Labute approximate surface area is 221 Å². The van der Waals surface area contributed by atoms with Gasteiger partial charge < -0.3 is 10.4 Å². The van der Waals surface area contributed by atoms with Crippen LogP contribution >= 0.6 is 0 Å². The van der Waals surface area contributed by atoms with Gasteiger partial charge in [-0.1, -0.05) is 34.1 Å². The highest BCUT2D eigenvalue weighted by molar-refractivity contribution is 6.21. The van der Waals surface area contributed by atoms with Gasteiger partial charge in [-0.05, 0) is 86.6 Å². The summed E-state index contributed by atoms with van der Waals surface area (Å²) in [4.78, 5) is 15.1. The second kappa shape index (κ2) is 9.44. The number of aliphatic hydroxyl groups excluding tert-OH is 1. The molecule has 0 spiro atoms. The molecule has 1 atom stereocenters. The number of aliphatic hydroxyl groups is 1. The largest absolute Gasteiger partial charge is 0.511 e. The van der Waals surface area contributed by atoms with Crippen molar-refractivity contribution in [1.82, 2.24) is 5.32 Å². The number of hydrogen-bond donors (Lipinski definition) is 2. The maximum absolute atomic E-state index is 10.9. The summed E-state index contributed by atoms with van der Waals surface area (Å²) in [6, 6.07) is 0. The molecule has 2 N–H and O–H groups in total. The average Bonchev–Trinajstić information content (AvgIpc) is 3.61. The third-order valence-corrected chi connectivity index (χ3v) is 8.00. The molecule has 0 radical (unpaired) electrons. The highest BCUT2D eigenvalue weighted by Crippen LogP contribution is 2.43. The number of aliphatic imine (C=N–C) groups is 3. The number of fused-ring (bicyclic) bond motifs is 5. The zero-order valence-corrected chi connectivity index (χ0v) is 23.4. The predicted octanol–water partition coefficient (Wildman–Crippen LogP) is 7.87. The molecule has 5 heterocycles. The fourth-order valence-corrected chi connectivity index (χ4v) is 5.71. The van der Waals surface area contributed by atoms with Crippen molar-refractivity contribution < 1.29 is 5.11 Å². The van der Waals surface area contributed by atoms with Gasteiger partial charge in [-0.2, -0.15) is 0 Å². The summed E-state index contributed by atoms with van der Waals surface area (Å²) in [5.74, 6) is 0.767. The van der Waals surface area contributed by atoms with Crippen LogP contribution in [0.2, 0.25) is 0 Å². The van der Waals surface area contributed by atoms with Gasteiger partial charge in [-0.15, -0.1) is 0 Å². The fourth-order valence-electron chi connectivity index (χ4n) is 5.71. The molecular weight excluding hydrogens is 456 g/mol. The molecular formula is C32H38N4O. The van der Waals surface area contributed by atoms with Crippen LogP contribution in [0.5, 0.6) is 0 Å². The minimum Gasteiger partial charge on any atom is -0.511 e. The van der Waals surface area contributed by atoms with E-state index in [1.807, 2.05) is 0 Å². The van der Waals surface area contributed by atoms with Crippen LogP contribution in [0.1, 0.15) is 81.1 Å². The molecule has 6 aliphatic rings. The molecule has 0 aromatic carbocycles. The molecule has 1 unspecified atom stereocenters. The van der Waals surface area contributed by atoms with Crippen molar-refractivity contribution in [2.75, 3.05) is 0 Å². The van der Waals surface area contributed by atoms with Gasteiger partial charge in [0, 0.05) is 34.9 Å². The van der Waals surface area contributed by atoms with Gasteiger partial charge in [0.2, 0.25) is 0 Å². The van der Waals surface area contributed by atoms with Gasteiger partial charge in [-0.3, -0.25) is 0 Å². The van der Waals surface area contributed by atoms with E-state index in [0.717, 1.165) is 69.5 Å². The Balaban J connectivity index is 0.000000892. The molecule has 8 bridgehead atoms. The van der Waals surface area contributed by atoms with Crippen molar-refractivity contribution in [3.8, 4) is 0 Å². The van der Waals surface area contributed by atoms with E-state index in [9.17, 15) is 5.11 Å². The first kappa shape index (κ1) is 25.2.